The van der Waals surface area contributed by atoms with Crippen molar-refractivity contribution in [1.29, 1.82) is 0 Å². The second-order valence-corrected chi connectivity index (χ2v) is 5.82. The second kappa shape index (κ2) is 6.24. The molecule has 1 atom stereocenters. The number of hydrogen-bond acceptors (Lipinski definition) is 4. The summed E-state index contributed by atoms with van der Waals surface area (Å²) < 4.78 is 1.54. The topological polar surface area (TPSA) is 68.5 Å². The molecule has 2 heterocycles. The van der Waals surface area contributed by atoms with Crippen LogP contribution in [0.1, 0.15) is 33.6 Å². The zero-order chi connectivity index (χ0) is 16.4. The molecule has 23 heavy (non-hydrogen) atoms. The minimum atomic E-state index is -0.159. The number of benzene rings is 1. The number of hydrogen-bond donors (Lipinski definition) is 1. The highest BCUT2D eigenvalue weighted by Crippen LogP contribution is 2.18. The van der Waals surface area contributed by atoms with E-state index >= 15 is 0 Å². The van der Waals surface area contributed by atoms with Crippen molar-refractivity contribution in [2.24, 2.45) is 12.2 Å². The largest absolute Gasteiger partial charge is 0.390 e. The van der Waals surface area contributed by atoms with Crippen molar-refractivity contribution in [2.45, 2.75) is 26.4 Å². The second-order valence-electron chi connectivity index (χ2n) is 5.82. The monoisotopic (exact) mass is 312 g/mol. The molecule has 1 N–H and O–H groups in total. The number of nitrogens with one attached hydrogen (secondary N) is 1. The van der Waals surface area contributed by atoms with Gasteiger partial charge in [-0.15, -0.1) is 0 Å². The van der Waals surface area contributed by atoms with Gasteiger partial charge in [0, 0.05) is 19.7 Å². The first kappa shape index (κ1) is 15.3. The fourth-order valence-electron chi connectivity index (χ4n) is 2.52. The molecular formula is C17H20N4O2. The lowest BCUT2D eigenvalue weighted by Crippen LogP contribution is -2.33. The Kier molecular flexibility index (Phi) is 4.14. The van der Waals surface area contributed by atoms with Gasteiger partial charge in [0.05, 0.1) is 12.3 Å². The first-order valence-corrected chi connectivity index (χ1v) is 7.61. The zero-order valence-electron chi connectivity index (χ0n) is 13.5. The van der Waals surface area contributed by atoms with Crippen molar-refractivity contribution in [3.63, 3.8) is 0 Å². The van der Waals surface area contributed by atoms with Gasteiger partial charge in [0.15, 0.2) is 0 Å². The highest BCUT2D eigenvalue weighted by atomic mass is 16.6. The molecule has 0 fully saturated rings. The molecule has 1 aliphatic heterocycles. The van der Waals surface area contributed by atoms with E-state index in [0.29, 0.717) is 18.7 Å². The van der Waals surface area contributed by atoms with Gasteiger partial charge in [-0.25, -0.2) is 0 Å². The average Bonchev–Trinajstić information content (AvgIpc) is 3.16. The quantitative estimate of drug-likeness (QED) is 0.938. The van der Waals surface area contributed by atoms with E-state index in [9.17, 15) is 4.79 Å². The summed E-state index contributed by atoms with van der Waals surface area (Å²) in [6.45, 7) is 4.59. The number of aryl methyl sites for hydroxylation is 3. The fraction of sp³-hybridized carbons (Fsp3) is 0.353. The van der Waals surface area contributed by atoms with Gasteiger partial charge in [-0.05, 0) is 42.7 Å². The van der Waals surface area contributed by atoms with Gasteiger partial charge in [0.2, 0.25) is 0 Å². The Labute approximate surface area is 135 Å². The van der Waals surface area contributed by atoms with Crippen LogP contribution in [0.3, 0.4) is 0 Å². The van der Waals surface area contributed by atoms with Gasteiger partial charge in [0.25, 0.3) is 5.91 Å². The Balaban J connectivity index is 1.56. The lowest BCUT2D eigenvalue weighted by molar-refractivity contribution is 0.0749. The van der Waals surface area contributed by atoms with E-state index in [2.05, 4.69) is 47.6 Å². The lowest BCUT2D eigenvalue weighted by Gasteiger charge is -2.10. The number of nitrogens with zero attached hydrogens (tertiary/aromatic N) is 3. The smallest absolute Gasteiger partial charge is 0.269 e. The summed E-state index contributed by atoms with van der Waals surface area (Å²) in [6.07, 6.45) is 2.15. The third-order valence-corrected chi connectivity index (χ3v) is 4.12. The van der Waals surface area contributed by atoms with Gasteiger partial charge in [-0.1, -0.05) is 17.3 Å². The van der Waals surface area contributed by atoms with Gasteiger partial charge in [0.1, 0.15) is 11.8 Å². The zero-order valence-corrected chi connectivity index (χ0v) is 13.5. The normalized spacial score (nSPS) is 16.8. The lowest BCUT2D eigenvalue weighted by atomic mass is 10.0. The first-order chi connectivity index (χ1) is 11.0. The van der Waals surface area contributed by atoms with E-state index < -0.39 is 0 Å². The van der Waals surface area contributed by atoms with E-state index in [1.54, 1.807) is 24.0 Å². The Morgan fingerprint density at radius 2 is 2.17 bits per heavy atom. The number of rotatable bonds is 4. The average molecular weight is 312 g/mol. The van der Waals surface area contributed by atoms with Crippen LogP contribution in [0.5, 0.6) is 0 Å². The van der Waals surface area contributed by atoms with Crippen LogP contribution < -0.4 is 5.32 Å². The third kappa shape index (κ3) is 3.26. The molecule has 1 aromatic heterocycles. The maximum atomic E-state index is 12.1. The summed E-state index contributed by atoms with van der Waals surface area (Å²) in [5.74, 6) is -0.159. The van der Waals surface area contributed by atoms with Crippen molar-refractivity contribution in [1.82, 2.24) is 15.1 Å². The molecule has 1 amide bonds. The number of carbonyl (C=O) groups excluding carboxylic acids is 1. The van der Waals surface area contributed by atoms with Crippen LogP contribution in [0.2, 0.25) is 0 Å². The van der Waals surface area contributed by atoms with Crippen molar-refractivity contribution in [3.8, 4) is 0 Å². The molecule has 0 radical (unpaired) electrons. The Morgan fingerprint density at radius 3 is 2.87 bits per heavy atom. The molecule has 1 aliphatic rings. The van der Waals surface area contributed by atoms with E-state index in [-0.39, 0.29) is 12.0 Å². The van der Waals surface area contributed by atoms with Gasteiger partial charge in [-0.2, -0.15) is 5.10 Å². The van der Waals surface area contributed by atoms with Crippen LogP contribution in [0, 0.1) is 13.8 Å². The molecule has 1 aromatic carbocycles. The van der Waals surface area contributed by atoms with Crippen molar-refractivity contribution < 1.29 is 9.63 Å². The molecule has 0 bridgehead atoms. The summed E-state index contributed by atoms with van der Waals surface area (Å²) in [7, 11) is 1.74. The van der Waals surface area contributed by atoms with Gasteiger partial charge >= 0.3 is 0 Å². The number of carbonyl (C=O) groups is 1. The minimum Gasteiger partial charge on any atom is -0.390 e. The Bertz CT molecular complexity index is 764. The van der Waals surface area contributed by atoms with E-state index in [1.165, 1.54) is 11.1 Å². The number of aromatic nitrogens is 2. The third-order valence-electron chi connectivity index (χ3n) is 4.12. The predicted octanol–water partition coefficient (Wildman–Crippen LogP) is 1.96. The van der Waals surface area contributed by atoms with Crippen molar-refractivity contribution in [2.75, 3.05) is 6.54 Å². The molecule has 3 rings (SSSR count). The van der Waals surface area contributed by atoms with E-state index in [1.807, 2.05) is 0 Å². The summed E-state index contributed by atoms with van der Waals surface area (Å²) in [5.41, 5.74) is 5.02. The fourth-order valence-corrected chi connectivity index (χ4v) is 2.52. The molecular weight excluding hydrogens is 292 g/mol. The van der Waals surface area contributed by atoms with Crippen molar-refractivity contribution >= 4 is 11.6 Å². The maximum Gasteiger partial charge on any atom is 0.269 e. The summed E-state index contributed by atoms with van der Waals surface area (Å²) >= 11 is 0. The van der Waals surface area contributed by atoms with E-state index in [0.717, 1.165) is 11.3 Å². The molecule has 6 heteroatoms. The van der Waals surface area contributed by atoms with Crippen LogP contribution in [0.4, 0.5) is 0 Å². The molecule has 6 nitrogen and oxygen atoms in total. The Hall–Kier alpha value is -2.63. The molecule has 2 aromatic rings. The Morgan fingerprint density at radius 1 is 1.35 bits per heavy atom. The molecule has 0 saturated heterocycles. The molecule has 0 unspecified atom stereocenters. The molecule has 0 spiro atoms. The highest BCUT2D eigenvalue weighted by molar-refractivity contribution is 6.01. The van der Waals surface area contributed by atoms with Gasteiger partial charge < -0.3 is 10.2 Å². The summed E-state index contributed by atoms with van der Waals surface area (Å²) in [5, 5.41) is 11.0. The van der Waals surface area contributed by atoms with Crippen LogP contribution in [0.15, 0.2) is 35.6 Å². The minimum absolute atomic E-state index is 0.135. The molecule has 120 valence electrons. The van der Waals surface area contributed by atoms with Crippen LogP contribution in [-0.2, 0) is 11.9 Å². The molecule has 0 saturated carbocycles. The standard InChI is InChI=1S/C17H20N4O2/c1-11-4-5-13(8-12(11)2)15-9-14(23-20-15)10-18-17(22)16-6-7-19-21(16)3/h4-8,14H,9-10H2,1-3H3,(H,18,22)/t14-/m1/s1. The van der Waals surface area contributed by atoms with Crippen LogP contribution in [0.25, 0.3) is 0 Å². The highest BCUT2D eigenvalue weighted by Gasteiger charge is 2.23. The van der Waals surface area contributed by atoms with Crippen molar-refractivity contribution in [3.05, 3.63) is 52.8 Å². The molecule has 0 aliphatic carbocycles. The summed E-state index contributed by atoms with van der Waals surface area (Å²) in [6, 6.07) is 7.95. The SMILES string of the molecule is Cc1ccc(C2=NO[C@@H](CNC(=O)c3ccnn3C)C2)cc1C. The maximum absolute atomic E-state index is 12.1. The van der Waals surface area contributed by atoms with Gasteiger partial charge in [-0.3, -0.25) is 9.48 Å². The van der Waals surface area contributed by atoms with Crippen LogP contribution >= 0.6 is 0 Å². The first-order valence-electron chi connectivity index (χ1n) is 7.61. The van der Waals surface area contributed by atoms with E-state index in [4.69, 9.17) is 4.84 Å². The number of oxime groups is 1. The number of amides is 1. The van der Waals surface area contributed by atoms with Crippen LogP contribution in [-0.4, -0.2) is 34.0 Å². The summed E-state index contributed by atoms with van der Waals surface area (Å²) in [4.78, 5) is 17.5. The predicted molar refractivity (Wildman–Crippen MR) is 87.5 cm³/mol.